The minimum atomic E-state index is 0.319. The van der Waals surface area contributed by atoms with Crippen LogP contribution in [-0.2, 0) is 6.54 Å². The molecule has 1 saturated heterocycles. The molecule has 0 radical (unpaired) electrons. The second-order valence-corrected chi connectivity index (χ2v) is 4.51. The molecule has 0 unspecified atom stereocenters. The van der Waals surface area contributed by atoms with Crippen LogP contribution >= 0.6 is 11.6 Å². The number of pyridine rings is 1. The van der Waals surface area contributed by atoms with Gasteiger partial charge < -0.3 is 5.73 Å². The van der Waals surface area contributed by atoms with Gasteiger partial charge in [0.15, 0.2) is 0 Å². The van der Waals surface area contributed by atoms with Gasteiger partial charge in [-0.1, -0.05) is 11.6 Å². The lowest BCUT2D eigenvalue weighted by Crippen LogP contribution is -2.42. The highest BCUT2D eigenvalue weighted by atomic mass is 35.5. The number of likely N-dealkylation sites (tertiary alicyclic amines) is 1. The molecule has 0 saturated carbocycles. The summed E-state index contributed by atoms with van der Waals surface area (Å²) in [7, 11) is 0. The van der Waals surface area contributed by atoms with Gasteiger partial charge in [0, 0.05) is 31.5 Å². The number of nitrogens with zero attached hydrogens (tertiary/aromatic N) is 2. The van der Waals surface area contributed by atoms with Crippen molar-refractivity contribution in [2.75, 3.05) is 13.1 Å². The smallest absolute Gasteiger partial charge is 0.0634 e. The molecule has 0 aliphatic carbocycles. The highest BCUT2D eigenvalue weighted by molar-refractivity contribution is 6.31. The molecule has 0 bridgehead atoms. The van der Waals surface area contributed by atoms with E-state index in [9.17, 15) is 0 Å². The summed E-state index contributed by atoms with van der Waals surface area (Å²) in [5, 5.41) is 0.747. The third kappa shape index (κ3) is 2.91. The molecule has 3 nitrogen and oxygen atoms in total. The first-order valence-electron chi connectivity index (χ1n) is 5.32. The van der Waals surface area contributed by atoms with Crippen LogP contribution in [-0.4, -0.2) is 29.0 Å². The first-order chi connectivity index (χ1) is 7.25. The van der Waals surface area contributed by atoms with Crippen molar-refractivity contribution in [3.05, 3.63) is 29.0 Å². The van der Waals surface area contributed by atoms with Gasteiger partial charge in [0.05, 0.1) is 5.02 Å². The summed E-state index contributed by atoms with van der Waals surface area (Å²) in [6.45, 7) is 2.97. The van der Waals surface area contributed by atoms with E-state index in [1.165, 1.54) is 6.42 Å². The lowest BCUT2D eigenvalue weighted by molar-refractivity contribution is 0.201. The number of rotatable bonds is 2. The lowest BCUT2D eigenvalue weighted by atomic mass is 10.1. The average Bonchev–Trinajstić information content (AvgIpc) is 2.22. The highest BCUT2D eigenvalue weighted by Gasteiger charge is 2.17. The van der Waals surface area contributed by atoms with Gasteiger partial charge in [-0.2, -0.15) is 0 Å². The summed E-state index contributed by atoms with van der Waals surface area (Å²) < 4.78 is 0. The molecular weight excluding hydrogens is 210 g/mol. The molecule has 15 heavy (non-hydrogen) atoms. The van der Waals surface area contributed by atoms with Crippen molar-refractivity contribution < 1.29 is 0 Å². The highest BCUT2D eigenvalue weighted by Crippen LogP contribution is 2.18. The quantitative estimate of drug-likeness (QED) is 0.833. The van der Waals surface area contributed by atoms with Gasteiger partial charge in [0.1, 0.15) is 0 Å². The maximum Gasteiger partial charge on any atom is 0.0634 e. The zero-order chi connectivity index (χ0) is 10.7. The predicted molar refractivity (Wildman–Crippen MR) is 61.7 cm³/mol. The van der Waals surface area contributed by atoms with Gasteiger partial charge >= 0.3 is 0 Å². The van der Waals surface area contributed by atoms with Crippen LogP contribution in [0.1, 0.15) is 18.4 Å². The molecule has 0 aromatic carbocycles. The molecule has 1 aromatic rings. The molecular formula is C11H16ClN3. The lowest BCUT2D eigenvalue weighted by Gasteiger charge is -2.30. The van der Waals surface area contributed by atoms with Gasteiger partial charge in [0.25, 0.3) is 0 Å². The number of hydrogen-bond donors (Lipinski definition) is 1. The van der Waals surface area contributed by atoms with Gasteiger partial charge in [-0.3, -0.25) is 9.88 Å². The van der Waals surface area contributed by atoms with E-state index >= 15 is 0 Å². The summed E-state index contributed by atoms with van der Waals surface area (Å²) >= 11 is 6.06. The Bertz CT molecular complexity index is 329. The molecule has 1 aromatic heterocycles. The normalized spacial score (nSPS) is 22.9. The molecule has 2 N–H and O–H groups in total. The van der Waals surface area contributed by atoms with Crippen LogP contribution in [0.5, 0.6) is 0 Å². The van der Waals surface area contributed by atoms with Gasteiger partial charge in [0.2, 0.25) is 0 Å². The number of piperidine rings is 1. The monoisotopic (exact) mass is 225 g/mol. The Labute approximate surface area is 95.2 Å². The van der Waals surface area contributed by atoms with E-state index in [2.05, 4.69) is 9.88 Å². The standard InChI is InChI=1S/C11H16ClN3/c12-11-6-14-4-3-9(11)7-15-5-1-2-10(13)8-15/h3-4,6,10H,1-2,5,7-8,13H2/t10-/m1/s1. The third-order valence-electron chi connectivity index (χ3n) is 2.79. The van der Waals surface area contributed by atoms with Crippen LogP contribution in [0.2, 0.25) is 5.02 Å². The van der Waals surface area contributed by atoms with E-state index in [0.29, 0.717) is 6.04 Å². The molecule has 2 rings (SSSR count). The molecule has 1 fully saturated rings. The van der Waals surface area contributed by atoms with Crippen molar-refractivity contribution in [2.45, 2.75) is 25.4 Å². The van der Waals surface area contributed by atoms with Crippen molar-refractivity contribution in [3.8, 4) is 0 Å². The van der Waals surface area contributed by atoms with E-state index in [-0.39, 0.29) is 0 Å². The summed E-state index contributed by atoms with van der Waals surface area (Å²) in [5.74, 6) is 0. The number of aromatic nitrogens is 1. The number of halogens is 1. The average molecular weight is 226 g/mol. The minimum absolute atomic E-state index is 0.319. The molecule has 2 heterocycles. The fraction of sp³-hybridized carbons (Fsp3) is 0.545. The molecule has 0 spiro atoms. The molecule has 1 aliphatic rings. The van der Waals surface area contributed by atoms with E-state index in [4.69, 9.17) is 17.3 Å². The van der Waals surface area contributed by atoms with E-state index in [1.54, 1.807) is 12.4 Å². The van der Waals surface area contributed by atoms with Crippen LogP contribution < -0.4 is 5.73 Å². The van der Waals surface area contributed by atoms with Gasteiger partial charge in [-0.15, -0.1) is 0 Å². The van der Waals surface area contributed by atoms with Crippen molar-refractivity contribution in [1.82, 2.24) is 9.88 Å². The summed E-state index contributed by atoms with van der Waals surface area (Å²) in [4.78, 5) is 6.33. The van der Waals surface area contributed by atoms with E-state index in [0.717, 1.165) is 36.6 Å². The summed E-state index contributed by atoms with van der Waals surface area (Å²) in [6.07, 6.45) is 5.80. The second-order valence-electron chi connectivity index (χ2n) is 4.10. The maximum atomic E-state index is 6.06. The zero-order valence-electron chi connectivity index (χ0n) is 8.69. The Morgan fingerprint density at radius 3 is 3.20 bits per heavy atom. The number of nitrogens with two attached hydrogens (primary N) is 1. The first kappa shape index (κ1) is 10.9. The Kier molecular flexibility index (Phi) is 3.57. The Morgan fingerprint density at radius 1 is 1.60 bits per heavy atom. The van der Waals surface area contributed by atoms with Crippen molar-refractivity contribution >= 4 is 11.6 Å². The summed E-state index contributed by atoms with van der Waals surface area (Å²) in [5.41, 5.74) is 7.07. The third-order valence-corrected chi connectivity index (χ3v) is 3.13. The van der Waals surface area contributed by atoms with Crippen molar-refractivity contribution in [1.29, 1.82) is 0 Å². The topological polar surface area (TPSA) is 42.1 Å². The second kappa shape index (κ2) is 4.92. The molecule has 4 heteroatoms. The molecule has 0 amide bonds. The molecule has 1 atom stereocenters. The van der Waals surface area contributed by atoms with Crippen LogP contribution in [0.15, 0.2) is 18.5 Å². The van der Waals surface area contributed by atoms with Crippen LogP contribution in [0.3, 0.4) is 0 Å². The van der Waals surface area contributed by atoms with Gasteiger partial charge in [-0.25, -0.2) is 0 Å². The van der Waals surface area contributed by atoms with E-state index < -0.39 is 0 Å². The van der Waals surface area contributed by atoms with Crippen molar-refractivity contribution in [2.24, 2.45) is 5.73 Å². The Morgan fingerprint density at radius 2 is 2.47 bits per heavy atom. The van der Waals surface area contributed by atoms with Crippen molar-refractivity contribution in [3.63, 3.8) is 0 Å². The fourth-order valence-corrected chi connectivity index (χ4v) is 2.19. The van der Waals surface area contributed by atoms with Crippen LogP contribution in [0, 0.1) is 0 Å². The minimum Gasteiger partial charge on any atom is -0.327 e. The van der Waals surface area contributed by atoms with Crippen LogP contribution in [0.25, 0.3) is 0 Å². The Balaban J connectivity index is 1.99. The Hall–Kier alpha value is -0.640. The zero-order valence-corrected chi connectivity index (χ0v) is 9.45. The first-order valence-corrected chi connectivity index (χ1v) is 5.70. The SMILES string of the molecule is N[C@@H]1CCCN(Cc2ccncc2Cl)C1. The molecule has 1 aliphatic heterocycles. The predicted octanol–water partition coefficient (Wildman–Crippen LogP) is 1.66. The number of hydrogen-bond acceptors (Lipinski definition) is 3. The van der Waals surface area contributed by atoms with Gasteiger partial charge in [-0.05, 0) is 31.0 Å². The van der Waals surface area contributed by atoms with Crippen LogP contribution in [0.4, 0.5) is 0 Å². The largest absolute Gasteiger partial charge is 0.327 e. The summed E-state index contributed by atoms with van der Waals surface area (Å²) in [6, 6.07) is 2.29. The maximum absolute atomic E-state index is 6.06. The fourth-order valence-electron chi connectivity index (χ4n) is 2.01. The van der Waals surface area contributed by atoms with E-state index in [1.807, 2.05) is 6.07 Å². The molecule has 82 valence electrons.